The van der Waals surface area contributed by atoms with Crippen LogP contribution in [0.15, 0.2) is 18.3 Å². The van der Waals surface area contributed by atoms with Gasteiger partial charge in [0.15, 0.2) is 0 Å². The second-order valence-corrected chi connectivity index (χ2v) is 4.68. The number of aromatic nitrogens is 1. The maximum atomic E-state index is 4.36. The Hall–Kier alpha value is -1.05. The summed E-state index contributed by atoms with van der Waals surface area (Å²) in [5.74, 6) is 0.883. The summed E-state index contributed by atoms with van der Waals surface area (Å²) in [7, 11) is 0. The zero-order valence-electron chi connectivity index (χ0n) is 11.7. The monoisotopic (exact) mass is 234 g/mol. The highest BCUT2D eigenvalue weighted by Gasteiger charge is 2.13. The number of hydrogen-bond donors (Lipinski definition) is 0. The molecule has 2 rings (SSSR count). The predicted octanol–water partition coefficient (Wildman–Crippen LogP) is 4.04. The van der Waals surface area contributed by atoms with E-state index in [-0.39, 0.29) is 0 Å². The lowest BCUT2D eigenvalue weighted by Gasteiger charge is -2.22. The van der Waals surface area contributed by atoms with Crippen molar-refractivity contribution in [2.45, 2.75) is 47.0 Å². The summed E-state index contributed by atoms with van der Waals surface area (Å²) >= 11 is 0. The number of anilines is 1. The standard InChI is InChI=1S/C13H20N2.C2H6/c1-11-4-3-8-15(9-7-11)13-6-5-12(2)14-10-13;1-2/h5-6,10-11H,3-4,7-9H2,1-2H3;1-2H3. The van der Waals surface area contributed by atoms with Gasteiger partial charge in [-0.05, 0) is 44.2 Å². The third-order valence-corrected chi connectivity index (χ3v) is 3.28. The summed E-state index contributed by atoms with van der Waals surface area (Å²) in [6.07, 6.45) is 6.00. The van der Waals surface area contributed by atoms with Crippen LogP contribution in [0, 0.1) is 12.8 Å². The molecule has 2 nitrogen and oxygen atoms in total. The van der Waals surface area contributed by atoms with Gasteiger partial charge < -0.3 is 4.90 Å². The van der Waals surface area contributed by atoms with Crippen molar-refractivity contribution in [1.29, 1.82) is 0 Å². The Morgan fingerprint density at radius 2 is 1.94 bits per heavy atom. The Labute approximate surface area is 106 Å². The Kier molecular flexibility index (Phi) is 6.03. The number of pyridine rings is 1. The molecule has 0 amide bonds. The first-order valence-corrected chi connectivity index (χ1v) is 6.93. The van der Waals surface area contributed by atoms with Crippen molar-refractivity contribution in [1.82, 2.24) is 4.98 Å². The summed E-state index contributed by atoms with van der Waals surface area (Å²) in [5.41, 5.74) is 2.39. The van der Waals surface area contributed by atoms with Crippen molar-refractivity contribution in [2.24, 2.45) is 5.92 Å². The summed E-state index contributed by atoms with van der Waals surface area (Å²) in [6, 6.07) is 4.29. The minimum atomic E-state index is 0.883. The molecule has 1 atom stereocenters. The average Bonchev–Trinajstić information content (AvgIpc) is 2.58. The van der Waals surface area contributed by atoms with Gasteiger partial charge in [-0.3, -0.25) is 4.98 Å². The third kappa shape index (κ3) is 4.37. The molecule has 1 aromatic rings. The first-order chi connectivity index (χ1) is 8.25. The van der Waals surface area contributed by atoms with Gasteiger partial charge in [-0.1, -0.05) is 20.8 Å². The Morgan fingerprint density at radius 1 is 1.18 bits per heavy atom. The van der Waals surface area contributed by atoms with Gasteiger partial charge in [0.1, 0.15) is 0 Å². The molecule has 0 aromatic carbocycles. The minimum Gasteiger partial charge on any atom is -0.370 e. The van der Waals surface area contributed by atoms with Crippen LogP contribution in [0.5, 0.6) is 0 Å². The molecule has 1 aromatic heterocycles. The van der Waals surface area contributed by atoms with Gasteiger partial charge in [-0.25, -0.2) is 0 Å². The predicted molar refractivity (Wildman–Crippen MR) is 75.6 cm³/mol. The van der Waals surface area contributed by atoms with Crippen molar-refractivity contribution >= 4 is 5.69 Å². The van der Waals surface area contributed by atoms with Crippen LogP contribution in [-0.4, -0.2) is 18.1 Å². The van der Waals surface area contributed by atoms with Crippen LogP contribution in [0.25, 0.3) is 0 Å². The maximum Gasteiger partial charge on any atom is 0.0552 e. The van der Waals surface area contributed by atoms with Gasteiger partial charge in [-0.2, -0.15) is 0 Å². The van der Waals surface area contributed by atoms with Crippen molar-refractivity contribution in [2.75, 3.05) is 18.0 Å². The van der Waals surface area contributed by atoms with E-state index in [0.717, 1.165) is 11.6 Å². The molecule has 0 saturated carbocycles. The van der Waals surface area contributed by atoms with Gasteiger partial charge in [0.2, 0.25) is 0 Å². The summed E-state index contributed by atoms with van der Waals surface area (Å²) in [4.78, 5) is 6.83. The molecule has 0 N–H and O–H groups in total. The van der Waals surface area contributed by atoms with E-state index in [9.17, 15) is 0 Å². The van der Waals surface area contributed by atoms with Gasteiger partial charge >= 0.3 is 0 Å². The first kappa shape index (κ1) is 14.0. The molecule has 0 radical (unpaired) electrons. The van der Waals surface area contributed by atoms with E-state index in [0.29, 0.717) is 0 Å². The number of hydrogen-bond acceptors (Lipinski definition) is 2. The fourth-order valence-corrected chi connectivity index (χ4v) is 2.17. The molecule has 0 bridgehead atoms. The van der Waals surface area contributed by atoms with E-state index in [1.807, 2.05) is 27.0 Å². The van der Waals surface area contributed by atoms with Crippen molar-refractivity contribution in [3.63, 3.8) is 0 Å². The molecule has 1 unspecified atom stereocenters. The Bertz CT molecular complexity index is 305. The van der Waals surface area contributed by atoms with E-state index >= 15 is 0 Å². The van der Waals surface area contributed by atoms with E-state index < -0.39 is 0 Å². The van der Waals surface area contributed by atoms with E-state index in [1.165, 1.54) is 38.0 Å². The van der Waals surface area contributed by atoms with Crippen molar-refractivity contribution in [3.8, 4) is 0 Å². The molecule has 1 fully saturated rings. The lowest BCUT2D eigenvalue weighted by atomic mass is 10.0. The summed E-state index contributed by atoms with van der Waals surface area (Å²) in [5, 5.41) is 0. The zero-order chi connectivity index (χ0) is 12.7. The van der Waals surface area contributed by atoms with Crippen LogP contribution in [0.1, 0.15) is 45.7 Å². The Balaban J connectivity index is 0.000000686. The van der Waals surface area contributed by atoms with Crippen LogP contribution in [0.4, 0.5) is 5.69 Å². The SMILES string of the molecule is CC.Cc1ccc(N2CCCC(C)CC2)cn1. The van der Waals surface area contributed by atoms with Crippen molar-refractivity contribution < 1.29 is 0 Å². The molecular weight excluding hydrogens is 208 g/mol. The summed E-state index contributed by atoms with van der Waals surface area (Å²) < 4.78 is 0. The highest BCUT2D eigenvalue weighted by Crippen LogP contribution is 2.21. The second-order valence-electron chi connectivity index (χ2n) is 4.68. The largest absolute Gasteiger partial charge is 0.370 e. The minimum absolute atomic E-state index is 0.883. The van der Waals surface area contributed by atoms with E-state index in [2.05, 4.69) is 28.9 Å². The normalized spacial score (nSPS) is 20.2. The van der Waals surface area contributed by atoms with Crippen LogP contribution in [0.2, 0.25) is 0 Å². The summed E-state index contributed by atoms with van der Waals surface area (Å²) in [6.45, 7) is 10.8. The van der Waals surface area contributed by atoms with Crippen LogP contribution >= 0.6 is 0 Å². The molecule has 17 heavy (non-hydrogen) atoms. The lowest BCUT2D eigenvalue weighted by Crippen LogP contribution is -2.24. The highest BCUT2D eigenvalue weighted by molar-refractivity contribution is 5.44. The highest BCUT2D eigenvalue weighted by atomic mass is 15.1. The van der Waals surface area contributed by atoms with Gasteiger partial charge in [-0.15, -0.1) is 0 Å². The van der Waals surface area contributed by atoms with Crippen LogP contribution in [-0.2, 0) is 0 Å². The van der Waals surface area contributed by atoms with Gasteiger partial charge in [0.05, 0.1) is 11.9 Å². The van der Waals surface area contributed by atoms with Crippen molar-refractivity contribution in [3.05, 3.63) is 24.0 Å². The molecule has 1 aliphatic rings. The molecule has 1 saturated heterocycles. The first-order valence-electron chi connectivity index (χ1n) is 6.93. The topological polar surface area (TPSA) is 16.1 Å². The molecular formula is C15H26N2. The lowest BCUT2D eigenvalue weighted by molar-refractivity contribution is 0.521. The number of nitrogens with zero attached hydrogens (tertiary/aromatic N) is 2. The fourth-order valence-electron chi connectivity index (χ4n) is 2.17. The molecule has 0 spiro atoms. The number of rotatable bonds is 1. The molecule has 2 heterocycles. The smallest absolute Gasteiger partial charge is 0.0552 e. The fraction of sp³-hybridized carbons (Fsp3) is 0.667. The van der Waals surface area contributed by atoms with E-state index in [4.69, 9.17) is 0 Å². The molecule has 96 valence electrons. The molecule has 2 heteroatoms. The van der Waals surface area contributed by atoms with Crippen LogP contribution in [0.3, 0.4) is 0 Å². The van der Waals surface area contributed by atoms with E-state index in [1.54, 1.807) is 0 Å². The van der Waals surface area contributed by atoms with Gasteiger partial charge in [0, 0.05) is 18.8 Å². The zero-order valence-corrected chi connectivity index (χ0v) is 11.7. The second kappa shape index (κ2) is 7.31. The Morgan fingerprint density at radius 3 is 2.59 bits per heavy atom. The maximum absolute atomic E-state index is 4.36. The quantitative estimate of drug-likeness (QED) is 0.729. The van der Waals surface area contributed by atoms with Crippen LogP contribution < -0.4 is 4.90 Å². The average molecular weight is 234 g/mol. The molecule has 0 aliphatic carbocycles. The number of aryl methyl sites for hydroxylation is 1. The van der Waals surface area contributed by atoms with Gasteiger partial charge in [0.25, 0.3) is 0 Å². The molecule has 1 aliphatic heterocycles. The third-order valence-electron chi connectivity index (χ3n) is 3.28.